The molecule has 4 heterocycles. The molecule has 5 atom stereocenters. The molecule has 9 heteroatoms. The van der Waals surface area contributed by atoms with E-state index in [-0.39, 0.29) is 18.1 Å². The molecule has 7 rings (SSSR count). The molecule has 5 aliphatic rings. The molecule has 33 heavy (non-hydrogen) atoms. The van der Waals surface area contributed by atoms with E-state index in [9.17, 15) is 9.90 Å². The molecule has 0 radical (unpaired) electrons. The first-order valence-electron chi connectivity index (χ1n) is 11.2. The zero-order chi connectivity index (χ0) is 22.9. The quantitative estimate of drug-likeness (QED) is 0.669. The van der Waals surface area contributed by atoms with Crippen LogP contribution in [-0.4, -0.2) is 61.5 Å². The predicted molar refractivity (Wildman–Crippen MR) is 114 cm³/mol. The second-order valence-electron chi connectivity index (χ2n) is 9.49. The predicted octanol–water partition coefficient (Wildman–Crippen LogP) is 2.01. The number of rotatable bonds is 3. The Morgan fingerprint density at radius 1 is 1.27 bits per heavy atom. The van der Waals surface area contributed by atoms with E-state index in [1.54, 1.807) is 14.2 Å². The molecule has 0 amide bonds. The highest BCUT2D eigenvalue weighted by Gasteiger charge is 2.90. The first kappa shape index (κ1) is 20.0. The van der Waals surface area contributed by atoms with Crippen LogP contribution >= 0.6 is 0 Å². The Hall–Kier alpha value is -2.43. The molecule has 3 N–H and O–H groups in total. The summed E-state index contributed by atoms with van der Waals surface area (Å²) < 4.78 is 37.1. The normalized spacial score (nSPS) is 37.3. The SMILES string of the molecule is COc1c2c(c(O)c3c4c(c(C)cc13)C1OC3(CN)OC1[C@@](OC)(O4)[C@@]31CO1)C(=O)CCC2. The summed E-state index contributed by atoms with van der Waals surface area (Å²) in [6.45, 7) is 2.34. The van der Waals surface area contributed by atoms with Gasteiger partial charge in [-0.1, -0.05) is 0 Å². The Morgan fingerprint density at radius 3 is 2.73 bits per heavy atom. The van der Waals surface area contributed by atoms with Crippen molar-refractivity contribution in [2.75, 3.05) is 27.4 Å². The van der Waals surface area contributed by atoms with E-state index in [2.05, 4.69) is 0 Å². The molecule has 2 bridgehead atoms. The topological polar surface area (TPSA) is 122 Å². The maximum Gasteiger partial charge on any atom is 0.276 e. The number of aryl methyl sites for hydroxylation is 1. The first-order valence-corrected chi connectivity index (χ1v) is 11.2. The van der Waals surface area contributed by atoms with Gasteiger partial charge < -0.3 is 39.3 Å². The van der Waals surface area contributed by atoms with E-state index in [0.29, 0.717) is 47.3 Å². The Labute approximate surface area is 189 Å². The van der Waals surface area contributed by atoms with Crippen LogP contribution in [0, 0.1) is 6.92 Å². The Balaban J connectivity index is 1.58. The van der Waals surface area contributed by atoms with Crippen LogP contribution in [0.4, 0.5) is 0 Å². The van der Waals surface area contributed by atoms with Crippen LogP contribution in [-0.2, 0) is 25.4 Å². The summed E-state index contributed by atoms with van der Waals surface area (Å²) in [5.74, 6) is -1.70. The molecule has 3 saturated heterocycles. The van der Waals surface area contributed by atoms with Crippen LogP contribution in [0.3, 0.4) is 0 Å². The average Bonchev–Trinajstić information content (AvgIpc) is 3.47. The standard InChI is InChI=1S/C24H25NO8/c1-10-7-12-16(17(27)15-11(18(12)28-2)5-4-6-13(15)26)19-14(10)20-21-24(29-3,32-19)22(9-30-22)23(8-25,31-20)33-21/h7,20-21,27H,4-6,8-9,25H2,1-3H3/t20?,21?,22-,23?,24-/m1/s1. The highest BCUT2D eigenvalue weighted by Crippen LogP contribution is 2.70. The molecule has 1 spiro atoms. The second kappa shape index (κ2) is 5.97. The summed E-state index contributed by atoms with van der Waals surface area (Å²) in [6.07, 6.45) is 0.624. The van der Waals surface area contributed by atoms with Crippen molar-refractivity contribution in [3.8, 4) is 17.2 Å². The van der Waals surface area contributed by atoms with E-state index in [1.165, 1.54) is 0 Å². The number of carbonyl (C=O) groups is 1. The summed E-state index contributed by atoms with van der Waals surface area (Å²) in [5, 5.41) is 12.5. The minimum absolute atomic E-state index is 0.0809. The second-order valence-corrected chi connectivity index (χ2v) is 9.49. The average molecular weight is 455 g/mol. The largest absolute Gasteiger partial charge is 0.506 e. The van der Waals surface area contributed by atoms with Gasteiger partial charge in [-0.05, 0) is 31.4 Å². The van der Waals surface area contributed by atoms with Crippen molar-refractivity contribution in [1.29, 1.82) is 0 Å². The third kappa shape index (κ3) is 1.94. The number of aromatic hydroxyl groups is 1. The van der Waals surface area contributed by atoms with E-state index in [0.717, 1.165) is 23.1 Å². The van der Waals surface area contributed by atoms with E-state index < -0.39 is 29.4 Å². The van der Waals surface area contributed by atoms with E-state index in [1.807, 2.05) is 13.0 Å². The van der Waals surface area contributed by atoms with Gasteiger partial charge in [-0.15, -0.1) is 0 Å². The number of epoxide rings is 1. The molecular weight excluding hydrogens is 430 g/mol. The number of ether oxygens (including phenoxy) is 6. The number of ketones is 1. The van der Waals surface area contributed by atoms with Gasteiger partial charge in [0.2, 0.25) is 11.4 Å². The van der Waals surface area contributed by atoms with Gasteiger partial charge in [-0.25, -0.2) is 0 Å². The zero-order valence-corrected chi connectivity index (χ0v) is 18.6. The summed E-state index contributed by atoms with van der Waals surface area (Å²) >= 11 is 0. The molecule has 3 unspecified atom stereocenters. The molecule has 2 aromatic carbocycles. The number of phenolic OH excluding ortho intramolecular Hbond substituents is 1. The fourth-order valence-electron chi connectivity index (χ4n) is 6.65. The number of methoxy groups -OCH3 is 2. The van der Waals surface area contributed by atoms with E-state index >= 15 is 0 Å². The lowest BCUT2D eigenvalue weighted by atomic mass is 9.78. The lowest BCUT2D eigenvalue weighted by Crippen LogP contribution is -2.68. The third-order valence-corrected chi connectivity index (χ3v) is 8.14. The van der Waals surface area contributed by atoms with Gasteiger partial charge in [-0.2, -0.15) is 0 Å². The Kier molecular flexibility index (Phi) is 3.62. The minimum atomic E-state index is -1.30. The molecule has 2 aromatic rings. The first-order chi connectivity index (χ1) is 15.9. The number of Topliss-reactive ketones (excluding diaryl/α,β-unsaturated/α-hetero) is 1. The number of nitrogens with two attached hydrogens (primary N) is 1. The number of benzene rings is 2. The summed E-state index contributed by atoms with van der Waals surface area (Å²) in [7, 11) is 3.12. The van der Waals surface area contributed by atoms with Gasteiger partial charge in [0, 0.05) is 30.0 Å². The van der Waals surface area contributed by atoms with Crippen molar-refractivity contribution in [3.63, 3.8) is 0 Å². The van der Waals surface area contributed by atoms with Gasteiger partial charge >= 0.3 is 0 Å². The van der Waals surface area contributed by atoms with Crippen molar-refractivity contribution in [1.82, 2.24) is 0 Å². The van der Waals surface area contributed by atoms with Crippen LogP contribution < -0.4 is 15.2 Å². The fourth-order valence-corrected chi connectivity index (χ4v) is 6.65. The van der Waals surface area contributed by atoms with Gasteiger partial charge in [0.15, 0.2) is 11.9 Å². The summed E-state index contributed by atoms with van der Waals surface area (Å²) in [5.41, 5.74) is 7.77. The molecule has 0 saturated carbocycles. The number of hydrogen-bond donors (Lipinski definition) is 2. The Bertz CT molecular complexity index is 1270. The van der Waals surface area contributed by atoms with Crippen molar-refractivity contribution in [3.05, 3.63) is 28.3 Å². The van der Waals surface area contributed by atoms with E-state index in [4.69, 9.17) is 34.2 Å². The third-order valence-electron chi connectivity index (χ3n) is 8.14. The van der Waals surface area contributed by atoms with Crippen molar-refractivity contribution < 1.29 is 38.3 Å². The number of fused-ring (bicyclic) bond motifs is 8. The van der Waals surface area contributed by atoms with Gasteiger partial charge in [0.1, 0.15) is 23.4 Å². The lowest BCUT2D eigenvalue weighted by Gasteiger charge is -2.48. The van der Waals surface area contributed by atoms with Crippen molar-refractivity contribution >= 4 is 16.6 Å². The molecule has 9 nitrogen and oxygen atoms in total. The summed E-state index contributed by atoms with van der Waals surface area (Å²) in [6, 6.07) is 1.95. The van der Waals surface area contributed by atoms with Gasteiger partial charge in [0.05, 0.1) is 31.2 Å². The van der Waals surface area contributed by atoms with Gasteiger partial charge in [0.25, 0.3) is 5.79 Å². The molecule has 0 aromatic heterocycles. The van der Waals surface area contributed by atoms with Crippen LogP contribution in [0.25, 0.3) is 10.8 Å². The molecular formula is C24H25NO8. The molecule has 174 valence electrons. The number of hydrogen-bond acceptors (Lipinski definition) is 9. The zero-order valence-electron chi connectivity index (χ0n) is 18.6. The van der Waals surface area contributed by atoms with Crippen LogP contribution in [0.15, 0.2) is 6.07 Å². The van der Waals surface area contributed by atoms with Crippen LogP contribution in [0.1, 0.15) is 46.0 Å². The highest BCUT2D eigenvalue weighted by molar-refractivity contribution is 6.11. The fraction of sp³-hybridized carbons (Fsp3) is 0.542. The lowest BCUT2D eigenvalue weighted by molar-refractivity contribution is -0.286. The maximum atomic E-state index is 12.9. The maximum absolute atomic E-state index is 12.9. The van der Waals surface area contributed by atoms with Crippen molar-refractivity contribution in [2.45, 2.75) is 55.6 Å². The molecule has 3 fully saturated rings. The monoisotopic (exact) mass is 455 g/mol. The number of carbonyl (C=O) groups excluding carboxylic acids is 1. The minimum Gasteiger partial charge on any atom is -0.506 e. The molecule has 1 aliphatic carbocycles. The number of phenols is 1. The van der Waals surface area contributed by atoms with Crippen molar-refractivity contribution in [2.24, 2.45) is 5.73 Å². The highest BCUT2D eigenvalue weighted by atomic mass is 16.9. The van der Waals surface area contributed by atoms with Gasteiger partial charge in [-0.3, -0.25) is 4.79 Å². The van der Waals surface area contributed by atoms with Crippen LogP contribution in [0.2, 0.25) is 0 Å². The molecule has 4 aliphatic heterocycles. The summed E-state index contributed by atoms with van der Waals surface area (Å²) in [4.78, 5) is 12.9. The van der Waals surface area contributed by atoms with Crippen LogP contribution in [0.5, 0.6) is 17.2 Å². The Morgan fingerprint density at radius 2 is 2.06 bits per heavy atom. The smallest absolute Gasteiger partial charge is 0.276 e.